The Kier molecular flexibility index (Phi) is 4.85. The Morgan fingerprint density at radius 3 is 2.07 bits per heavy atom. The molecule has 0 fully saturated rings. The fourth-order valence-electron chi connectivity index (χ4n) is 4.18. The summed E-state index contributed by atoms with van der Waals surface area (Å²) in [4.78, 5) is 26.2. The van der Waals surface area contributed by atoms with Gasteiger partial charge in [0.1, 0.15) is 22.8 Å². The smallest absolute Gasteiger partial charge is 0.196 e. The second-order valence-corrected chi connectivity index (χ2v) is 7.35. The van der Waals surface area contributed by atoms with Crippen LogP contribution in [0.3, 0.4) is 0 Å². The van der Waals surface area contributed by atoms with E-state index in [2.05, 4.69) is 0 Å². The van der Waals surface area contributed by atoms with E-state index in [9.17, 15) is 14.7 Å². The van der Waals surface area contributed by atoms with E-state index >= 15 is 0 Å². The lowest BCUT2D eigenvalue weighted by Gasteiger charge is -2.35. The van der Waals surface area contributed by atoms with Gasteiger partial charge in [-0.1, -0.05) is 38.0 Å². The zero-order valence-corrected chi connectivity index (χ0v) is 16.6. The number of hydrogen-bond acceptors (Lipinski definition) is 4. The van der Waals surface area contributed by atoms with Crippen molar-refractivity contribution in [2.75, 3.05) is 0 Å². The van der Waals surface area contributed by atoms with Crippen molar-refractivity contribution in [3.05, 3.63) is 62.5 Å². The predicted octanol–water partition coefficient (Wildman–Crippen LogP) is 5.24. The molecule has 0 unspecified atom stereocenters. The molecular weight excluding hydrogens is 340 g/mol. The van der Waals surface area contributed by atoms with Crippen LogP contribution in [0.4, 0.5) is 0 Å². The molecule has 1 heterocycles. The highest BCUT2D eigenvalue weighted by molar-refractivity contribution is 6.10. The van der Waals surface area contributed by atoms with Crippen LogP contribution in [0.15, 0.2) is 39.1 Å². The molecule has 4 heteroatoms. The lowest BCUT2D eigenvalue weighted by atomic mass is 9.68. The van der Waals surface area contributed by atoms with E-state index in [0.29, 0.717) is 36.4 Å². The minimum Gasteiger partial charge on any atom is -0.507 e. The zero-order chi connectivity index (χ0) is 19.9. The molecule has 1 aliphatic rings. The van der Waals surface area contributed by atoms with Gasteiger partial charge in [-0.05, 0) is 45.2 Å². The Balaban J connectivity index is 2.38. The highest BCUT2D eigenvalue weighted by atomic mass is 16.3. The summed E-state index contributed by atoms with van der Waals surface area (Å²) in [7, 11) is 0. The molecular formula is C23H26O4. The summed E-state index contributed by atoms with van der Waals surface area (Å²) in [5, 5.41) is 10.6. The van der Waals surface area contributed by atoms with Crippen LogP contribution in [0.2, 0.25) is 0 Å². The highest BCUT2D eigenvalue weighted by Gasteiger charge is 2.48. The number of aryl methyl sites for hydroxylation is 2. The molecule has 1 aromatic heterocycles. The molecule has 0 atom stereocenters. The third-order valence-corrected chi connectivity index (χ3v) is 5.68. The van der Waals surface area contributed by atoms with Crippen LogP contribution >= 0.6 is 0 Å². The minimum absolute atomic E-state index is 0.138. The van der Waals surface area contributed by atoms with Gasteiger partial charge in [0.15, 0.2) is 11.2 Å². The number of ketones is 1. The number of aliphatic hydroxyl groups excluding tert-OH is 1. The monoisotopic (exact) mass is 366 g/mol. The topological polar surface area (TPSA) is 67.5 Å². The number of carbonyl (C=O) groups excluding carboxylic acids is 1. The van der Waals surface area contributed by atoms with E-state index < -0.39 is 5.41 Å². The maximum atomic E-state index is 13.2. The third kappa shape index (κ3) is 2.84. The molecule has 1 aliphatic carbocycles. The standard InChI is InChI=1S/C23H26O4/c1-6-16-20(25)19-17(24)12-18(15-10-13(4)9-14(5)11-15)27-22(19)23(7-2,8-3)21(16)26/h9-12,25H,6-8H2,1-5H3. The second kappa shape index (κ2) is 6.84. The number of benzene rings is 1. The van der Waals surface area contributed by atoms with Gasteiger partial charge in [-0.15, -0.1) is 0 Å². The van der Waals surface area contributed by atoms with E-state index in [-0.39, 0.29) is 22.5 Å². The van der Waals surface area contributed by atoms with Gasteiger partial charge < -0.3 is 9.52 Å². The quantitative estimate of drug-likeness (QED) is 0.803. The first-order valence-corrected chi connectivity index (χ1v) is 9.53. The maximum absolute atomic E-state index is 13.2. The summed E-state index contributed by atoms with van der Waals surface area (Å²) < 4.78 is 6.19. The number of allylic oxidation sites excluding steroid dienone is 1. The van der Waals surface area contributed by atoms with Gasteiger partial charge in [0.2, 0.25) is 0 Å². The van der Waals surface area contributed by atoms with E-state index in [1.807, 2.05) is 52.8 Å². The first kappa shape index (κ1) is 19.2. The average molecular weight is 366 g/mol. The van der Waals surface area contributed by atoms with Gasteiger partial charge in [-0.25, -0.2) is 0 Å². The van der Waals surface area contributed by atoms with Crippen LogP contribution in [0.1, 0.15) is 62.5 Å². The molecule has 0 bridgehead atoms. The van der Waals surface area contributed by atoms with Crippen molar-refractivity contribution >= 4 is 11.5 Å². The molecule has 0 aliphatic heterocycles. The van der Waals surface area contributed by atoms with Gasteiger partial charge in [-0.2, -0.15) is 0 Å². The minimum atomic E-state index is -0.916. The van der Waals surface area contributed by atoms with Crippen LogP contribution in [0.25, 0.3) is 17.1 Å². The second-order valence-electron chi connectivity index (χ2n) is 7.35. The summed E-state index contributed by atoms with van der Waals surface area (Å²) in [5.74, 6) is 0.364. The van der Waals surface area contributed by atoms with Crippen LogP contribution in [0.5, 0.6) is 0 Å². The summed E-state index contributed by atoms with van der Waals surface area (Å²) in [6, 6.07) is 7.38. The van der Waals surface area contributed by atoms with E-state index in [4.69, 9.17) is 4.42 Å². The van der Waals surface area contributed by atoms with Crippen molar-refractivity contribution in [1.29, 1.82) is 0 Å². The highest BCUT2D eigenvalue weighted by Crippen LogP contribution is 2.44. The van der Waals surface area contributed by atoms with Gasteiger partial charge in [0.25, 0.3) is 0 Å². The van der Waals surface area contributed by atoms with Crippen LogP contribution < -0.4 is 5.43 Å². The fourth-order valence-corrected chi connectivity index (χ4v) is 4.18. The Hall–Kier alpha value is -2.62. The Morgan fingerprint density at radius 2 is 1.56 bits per heavy atom. The summed E-state index contributed by atoms with van der Waals surface area (Å²) in [6.45, 7) is 9.63. The van der Waals surface area contributed by atoms with Crippen molar-refractivity contribution in [3.8, 4) is 11.3 Å². The lowest BCUT2D eigenvalue weighted by Crippen LogP contribution is -2.41. The first-order chi connectivity index (χ1) is 12.8. The van der Waals surface area contributed by atoms with Gasteiger partial charge in [-0.3, -0.25) is 9.59 Å². The summed E-state index contributed by atoms with van der Waals surface area (Å²) >= 11 is 0. The third-order valence-electron chi connectivity index (χ3n) is 5.68. The Labute approximate surface area is 159 Å². The molecule has 0 amide bonds. The first-order valence-electron chi connectivity index (χ1n) is 9.53. The van der Waals surface area contributed by atoms with Gasteiger partial charge in [0, 0.05) is 17.2 Å². The Bertz CT molecular complexity index is 983. The molecule has 0 radical (unpaired) electrons. The normalized spacial score (nSPS) is 15.8. The summed E-state index contributed by atoms with van der Waals surface area (Å²) in [6.07, 6.45) is 1.39. The SMILES string of the molecule is CCC1=C(O)c2c(oc(-c3cc(C)cc(C)c3)cc2=O)C(CC)(CC)C1=O. The van der Waals surface area contributed by atoms with Gasteiger partial charge >= 0.3 is 0 Å². The number of rotatable bonds is 4. The molecule has 3 rings (SSSR count). The molecule has 2 aromatic rings. The van der Waals surface area contributed by atoms with Crippen molar-refractivity contribution in [2.45, 2.75) is 59.3 Å². The lowest BCUT2D eigenvalue weighted by molar-refractivity contribution is -0.122. The number of aliphatic hydroxyl groups is 1. The molecule has 0 spiro atoms. The number of carbonyl (C=O) groups is 1. The molecule has 0 saturated carbocycles. The van der Waals surface area contributed by atoms with Crippen LogP contribution in [-0.4, -0.2) is 10.9 Å². The van der Waals surface area contributed by atoms with Crippen molar-refractivity contribution in [2.24, 2.45) is 0 Å². The van der Waals surface area contributed by atoms with Crippen molar-refractivity contribution in [1.82, 2.24) is 0 Å². The number of Topliss-reactive ketones (excluding diaryl/α,β-unsaturated/α-hetero) is 1. The van der Waals surface area contributed by atoms with E-state index in [1.54, 1.807) is 0 Å². The largest absolute Gasteiger partial charge is 0.507 e. The van der Waals surface area contributed by atoms with Crippen LogP contribution in [-0.2, 0) is 10.2 Å². The van der Waals surface area contributed by atoms with E-state index in [1.165, 1.54) is 6.07 Å². The van der Waals surface area contributed by atoms with Gasteiger partial charge in [0.05, 0.1) is 5.41 Å². The predicted molar refractivity (Wildman–Crippen MR) is 107 cm³/mol. The summed E-state index contributed by atoms with van der Waals surface area (Å²) in [5.41, 5.74) is 2.16. The average Bonchev–Trinajstić information content (AvgIpc) is 2.62. The number of fused-ring (bicyclic) bond motifs is 1. The van der Waals surface area contributed by atoms with E-state index in [0.717, 1.165) is 16.7 Å². The number of hydrogen-bond donors (Lipinski definition) is 1. The fraction of sp³-hybridized carbons (Fsp3) is 0.391. The molecule has 142 valence electrons. The van der Waals surface area contributed by atoms with Crippen molar-refractivity contribution in [3.63, 3.8) is 0 Å². The van der Waals surface area contributed by atoms with Crippen LogP contribution in [0, 0.1) is 13.8 Å². The molecule has 1 N–H and O–H groups in total. The Morgan fingerprint density at radius 1 is 0.963 bits per heavy atom. The maximum Gasteiger partial charge on any atom is 0.196 e. The molecule has 0 saturated heterocycles. The molecule has 27 heavy (non-hydrogen) atoms. The van der Waals surface area contributed by atoms with Crippen molar-refractivity contribution < 1.29 is 14.3 Å². The molecule has 1 aromatic carbocycles. The zero-order valence-electron chi connectivity index (χ0n) is 16.6. The molecule has 4 nitrogen and oxygen atoms in total.